The summed E-state index contributed by atoms with van der Waals surface area (Å²) >= 11 is 6.18. The minimum atomic E-state index is -0.608. The number of carbonyl (C=O) groups is 2. The molecule has 1 unspecified atom stereocenters. The average molecular weight is 539 g/mol. The van der Waals surface area contributed by atoms with E-state index in [1.807, 2.05) is 34.9 Å². The third-order valence-corrected chi connectivity index (χ3v) is 6.76. The fraction of sp³-hybridized carbons (Fsp3) is 0.414. The standard InChI is InChI=1S/C29H35ClN4O4/c1-3-4-16-34(27(35)22-13-10-14-23(30)19-22)26-28(33-17-9-8-15-25(33)32-26)38-29(36)31-24(20-37-2)18-21-11-6-5-7-12-21/h5-7,10-14,19,24H,3-4,8-9,15-18,20H2,1-2H3,(H,31,36). The number of methoxy groups -OCH3 is 1. The van der Waals surface area contributed by atoms with Gasteiger partial charge in [-0.1, -0.05) is 61.3 Å². The summed E-state index contributed by atoms with van der Waals surface area (Å²) in [6, 6.07) is 16.5. The van der Waals surface area contributed by atoms with Gasteiger partial charge in [-0.05, 0) is 49.4 Å². The summed E-state index contributed by atoms with van der Waals surface area (Å²) in [6.45, 7) is 3.50. The zero-order chi connectivity index (χ0) is 26.9. The zero-order valence-corrected chi connectivity index (χ0v) is 22.7. The van der Waals surface area contributed by atoms with E-state index in [1.165, 1.54) is 0 Å². The molecule has 2 amide bonds. The fourth-order valence-corrected chi connectivity index (χ4v) is 4.84. The van der Waals surface area contributed by atoms with E-state index in [4.69, 9.17) is 26.1 Å². The average Bonchev–Trinajstić information content (AvgIpc) is 3.27. The van der Waals surface area contributed by atoms with Crippen LogP contribution in [0.5, 0.6) is 5.88 Å². The Bertz CT molecular complexity index is 1230. The van der Waals surface area contributed by atoms with Gasteiger partial charge in [-0.2, -0.15) is 0 Å². The van der Waals surface area contributed by atoms with Gasteiger partial charge >= 0.3 is 6.09 Å². The number of hydrogen-bond acceptors (Lipinski definition) is 5. The van der Waals surface area contributed by atoms with E-state index < -0.39 is 6.09 Å². The van der Waals surface area contributed by atoms with Gasteiger partial charge in [0.1, 0.15) is 5.82 Å². The predicted octanol–water partition coefficient (Wildman–Crippen LogP) is 5.67. The predicted molar refractivity (Wildman–Crippen MR) is 148 cm³/mol. The minimum absolute atomic E-state index is 0.233. The van der Waals surface area contributed by atoms with Gasteiger partial charge in [-0.25, -0.2) is 9.78 Å². The van der Waals surface area contributed by atoms with Crippen LogP contribution in [0.1, 0.15) is 54.4 Å². The molecule has 0 fully saturated rings. The Morgan fingerprint density at radius 1 is 1.16 bits per heavy atom. The molecule has 0 bridgehead atoms. The molecule has 1 atom stereocenters. The molecule has 8 nitrogen and oxygen atoms in total. The van der Waals surface area contributed by atoms with E-state index in [9.17, 15) is 9.59 Å². The molecule has 202 valence electrons. The molecule has 3 aromatic rings. The highest BCUT2D eigenvalue weighted by atomic mass is 35.5. The van der Waals surface area contributed by atoms with Crippen molar-refractivity contribution in [3.63, 3.8) is 0 Å². The Morgan fingerprint density at radius 2 is 1.97 bits per heavy atom. The fourth-order valence-electron chi connectivity index (χ4n) is 4.65. The van der Waals surface area contributed by atoms with E-state index in [0.717, 1.165) is 43.5 Å². The van der Waals surface area contributed by atoms with Crippen LogP contribution >= 0.6 is 11.6 Å². The Balaban J connectivity index is 1.62. The van der Waals surface area contributed by atoms with E-state index in [1.54, 1.807) is 36.3 Å². The summed E-state index contributed by atoms with van der Waals surface area (Å²) in [5.74, 6) is 1.23. The molecule has 38 heavy (non-hydrogen) atoms. The molecule has 1 aliphatic heterocycles. The molecule has 0 saturated carbocycles. The van der Waals surface area contributed by atoms with Crippen molar-refractivity contribution in [1.82, 2.24) is 14.9 Å². The van der Waals surface area contributed by atoms with Crippen molar-refractivity contribution in [2.45, 2.75) is 58.0 Å². The quantitative estimate of drug-likeness (QED) is 0.340. The summed E-state index contributed by atoms with van der Waals surface area (Å²) < 4.78 is 13.2. The third kappa shape index (κ3) is 6.94. The Hall–Kier alpha value is -3.36. The van der Waals surface area contributed by atoms with Gasteiger partial charge in [0.05, 0.1) is 12.6 Å². The number of ether oxygens (including phenoxy) is 2. The molecular weight excluding hydrogens is 504 g/mol. The van der Waals surface area contributed by atoms with Crippen LogP contribution in [0, 0.1) is 0 Å². The maximum atomic E-state index is 13.7. The van der Waals surface area contributed by atoms with Gasteiger partial charge in [-0.15, -0.1) is 0 Å². The van der Waals surface area contributed by atoms with Crippen molar-refractivity contribution in [2.75, 3.05) is 25.2 Å². The van der Waals surface area contributed by atoms with Crippen molar-refractivity contribution in [3.8, 4) is 5.88 Å². The van der Waals surface area contributed by atoms with Crippen molar-refractivity contribution in [3.05, 3.63) is 76.6 Å². The van der Waals surface area contributed by atoms with Crippen LogP contribution in [0.25, 0.3) is 0 Å². The van der Waals surface area contributed by atoms with Crippen LogP contribution < -0.4 is 15.0 Å². The number of carbonyl (C=O) groups excluding carboxylic acids is 2. The molecule has 1 N–H and O–H groups in total. The van der Waals surface area contributed by atoms with Crippen molar-refractivity contribution >= 4 is 29.4 Å². The number of aryl methyl sites for hydroxylation is 1. The van der Waals surface area contributed by atoms with Crippen LogP contribution in [0.15, 0.2) is 54.6 Å². The number of amides is 2. The highest BCUT2D eigenvalue weighted by Gasteiger charge is 2.30. The van der Waals surface area contributed by atoms with Crippen molar-refractivity contribution in [2.24, 2.45) is 0 Å². The Kier molecular flexibility index (Phi) is 9.79. The lowest BCUT2D eigenvalue weighted by Crippen LogP contribution is -2.41. The lowest BCUT2D eigenvalue weighted by molar-refractivity contribution is 0.0984. The molecule has 2 heterocycles. The van der Waals surface area contributed by atoms with Gasteiger partial charge in [0, 0.05) is 37.2 Å². The topological polar surface area (TPSA) is 85.7 Å². The maximum Gasteiger partial charge on any atom is 0.414 e. The van der Waals surface area contributed by atoms with Crippen LogP contribution in [-0.4, -0.2) is 47.9 Å². The van der Waals surface area contributed by atoms with E-state index in [0.29, 0.717) is 48.4 Å². The number of hydrogen-bond donors (Lipinski definition) is 1. The van der Waals surface area contributed by atoms with Gasteiger partial charge in [0.15, 0.2) is 5.82 Å². The number of nitrogens with zero attached hydrogens (tertiary/aromatic N) is 3. The number of anilines is 1. The summed E-state index contributed by atoms with van der Waals surface area (Å²) in [5.41, 5.74) is 1.54. The lowest BCUT2D eigenvalue weighted by atomic mass is 10.1. The van der Waals surface area contributed by atoms with Gasteiger partial charge in [-0.3, -0.25) is 14.3 Å². The minimum Gasteiger partial charge on any atom is -0.389 e. The largest absolute Gasteiger partial charge is 0.414 e. The van der Waals surface area contributed by atoms with Crippen molar-refractivity contribution < 1.29 is 19.1 Å². The molecule has 2 aromatic carbocycles. The van der Waals surface area contributed by atoms with E-state index in [2.05, 4.69) is 12.2 Å². The molecule has 9 heteroatoms. The smallest absolute Gasteiger partial charge is 0.389 e. The van der Waals surface area contributed by atoms with E-state index in [-0.39, 0.29) is 11.9 Å². The third-order valence-electron chi connectivity index (χ3n) is 6.53. The maximum absolute atomic E-state index is 13.7. The molecule has 0 radical (unpaired) electrons. The number of rotatable bonds is 11. The number of fused-ring (bicyclic) bond motifs is 1. The monoisotopic (exact) mass is 538 g/mol. The normalized spacial score (nSPS) is 13.4. The molecule has 0 spiro atoms. The molecule has 1 aromatic heterocycles. The summed E-state index contributed by atoms with van der Waals surface area (Å²) in [4.78, 5) is 33.3. The Labute approximate surface area is 228 Å². The first-order valence-corrected chi connectivity index (χ1v) is 13.6. The highest BCUT2D eigenvalue weighted by molar-refractivity contribution is 6.31. The van der Waals surface area contributed by atoms with Gasteiger partial charge in [0.25, 0.3) is 5.91 Å². The second kappa shape index (κ2) is 13.4. The number of imidazole rings is 1. The van der Waals surface area contributed by atoms with E-state index >= 15 is 0 Å². The highest BCUT2D eigenvalue weighted by Crippen LogP contribution is 2.34. The second-order valence-electron chi connectivity index (χ2n) is 9.46. The van der Waals surface area contributed by atoms with Gasteiger partial charge < -0.3 is 14.8 Å². The molecule has 1 aliphatic rings. The first-order chi connectivity index (χ1) is 18.5. The summed E-state index contributed by atoms with van der Waals surface area (Å²) in [5, 5.41) is 3.42. The van der Waals surface area contributed by atoms with Crippen LogP contribution in [0.3, 0.4) is 0 Å². The van der Waals surface area contributed by atoms with Crippen LogP contribution in [0.4, 0.5) is 10.6 Å². The zero-order valence-electron chi connectivity index (χ0n) is 22.0. The summed E-state index contributed by atoms with van der Waals surface area (Å²) in [6.07, 6.45) is 4.34. The summed E-state index contributed by atoms with van der Waals surface area (Å²) in [7, 11) is 1.60. The Morgan fingerprint density at radius 3 is 2.71 bits per heavy atom. The van der Waals surface area contributed by atoms with Gasteiger partial charge in [0.2, 0.25) is 5.88 Å². The number of nitrogens with one attached hydrogen (secondary N) is 1. The molecular formula is C29H35ClN4O4. The first kappa shape index (κ1) is 27.7. The van der Waals surface area contributed by atoms with Crippen molar-refractivity contribution in [1.29, 1.82) is 0 Å². The number of unbranched alkanes of at least 4 members (excludes halogenated alkanes) is 1. The number of halogens is 1. The molecule has 0 saturated heterocycles. The van der Waals surface area contributed by atoms with Crippen LogP contribution in [-0.2, 0) is 24.1 Å². The number of aromatic nitrogens is 2. The second-order valence-corrected chi connectivity index (χ2v) is 9.90. The number of benzene rings is 2. The molecule has 4 rings (SSSR count). The SMILES string of the molecule is CCCCN(C(=O)c1cccc(Cl)c1)c1nc2n(c1OC(=O)NC(COC)Cc1ccccc1)CCCC2. The first-order valence-electron chi connectivity index (χ1n) is 13.2. The lowest BCUT2D eigenvalue weighted by Gasteiger charge is -2.23. The van der Waals surface area contributed by atoms with Crippen LogP contribution in [0.2, 0.25) is 5.02 Å². The molecule has 0 aliphatic carbocycles.